The second kappa shape index (κ2) is 5.73. The average molecular weight is 262 g/mol. The Balaban J connectivity index is 1.85. The fourth-order valence-electron chi connectivity index (χ4n) is 2.14. The Hall–Kier alpha value is -2.04. The Kier molecular flexibility index (Phi) is 4.04. The van der Waals surface area contributed by atoms with Crippen LogP contribution in [-0.2, 0) is 9.53 Å². The van der Waals surface area contributed by atoms with Crippen molar-refractivity contribution >= 4 is 17.7 Å². The third-order valence-corrected chi connectivity index (χ3v) is 2.96. The van der Waals surface area contributed by atoms with E-state index in [9.17, 15) is 9.59 Å². The highest BCUT2D eigenvalue weighted by Gasteiger charge is 2.22. The lowest BCUT2D eigenvalue weighted by molar-refractivity contribution is -0.116. The minimum atomic E-state index is -0.334. The molecule has 1 N–H and O–H groups in total. The monoisotopic (exact) mass is 262 g/mol. The van der Waals surface area contributed by atoms with Crippen molar-refractivity contribution in [1.82, 2.24) is 4.90 Å². The summed E-state index contributed by atoms with van der Waals surface area (Å²) < 4.78 is 4.80. The van der Waals surface area contributed by atoms with Crippen molar-refractivity contribution < 1.29 is 14.3 Å². The summed E-state index contributed by atoms with van der Waals surface area (Å²) in [6.07, 6.45) is -0.0542. The summed E-state index contributed by atoms with van der Waals surface area (Å²) in [7, 11) is 0. The number of rotatable bonds is 4. The normalized spacial score (nSPS) is 14.4. The number of carbonyl (C=O) groups is 2. The molecule has 0 unspecified atom stereocenters. The molecule has 1 aromatic rings. The smallest absolute Gasteiger partial charge is 0.409 e. The summed E-state index contributed by atoms with van der Waals surface area (Å²) in [6.45, 7) is 5.36. The fraction of sp³-hybridized carbons (Fsp3) is 0.429. The molecule has 2 rings (SSSR count). The Morgan fingerprint density at radius 3 is 2.58 bits per heavy atom. The molecule has 0 spiro atoms. The SMILES string of the molecule is Cc1cc(C)cc(NC(=O)CCN2CCOC2=O)c1. The van der Waals surface area contributed by atoms with E-state index in [0.717, 1.165) is 16.8 Å². The number of aryl methyl sites for hydroxylation is 2. The second-order valence-electron chi connectivity index (χ2n) is 4.78. The van der Waals surface area contributed by atoms with Crippen LogP contribution in [0.25, 0.3) is 0 Å². The van der Waals surface area contributed by atoms with E-state index in [1.54, 1.807) is 4.90 Å². The first-order chi connectivity index (χ1) is 9.04. The van der Waals surface area contributed by atoms with Gasteiger partial charge in [0.1, 0.15) is 6.61 Å². The molecule has 0 aromatic heterocycles. The number of carbonyl (C=O) groups excluding carboxylic acids is 2. The Morgan fingerprint density at radius 1 is 1.32 bits per heavy atom. The summed E-state index contributed by atoms with van der Waals surface area (Å²) >= 11 is 0. The highest BCUT2D eigenvalue weighted by molar-refractivity contribution is 5.91. The maximum absolute atomic E-state index is 11.8. The number of cyclic esters (lactones) is 1. The largest absolute Gasteiger partial charge is 0.448 e. The molecule has 1 saturated heterocycles. The molecule has 1 fully saturated rings. The lowest BCUT2D eigenvalue weighted by Gasteiger charge is -2.12. The van der Waals surface area contributed by atoms with Crippen LogP contribution in [0.4, 0.5) is 10.5 Å². The minimum Gasteiger partial charge on any atom is -0.448 e. The van der Waals surface area contributed by atoms with E-state index in [1.165, 1.54) is 0 Å². The number of anilines is 1. The maximum Gasteiger partial charge on any atom is 0.409 e. The van der Waals surface area contributed by atoms with Gasteiger partial charge in [0.05, 0.1) is 6.54 Å². The van der Waals surface area contributed by atoms with E-state index < -0.39 is 0 Å². The first-order valence-corrected chi connectivity index (χ1v) is 6.34. The lowest BCUT2D eigenvalue weighted by Crippen LogP contribution is -2.28. The van der Waals surface area contributed by atoms with E-state index in [2.05, 4.69) is 11.4 Å². The van der Waals surface area contributed by atoms with Gasteiger partial charge in [-0.15, -0.1) is 0 Å². The Bertz CT molecular complexity index is 479. The van der Waals surface area contributed by atoms with Gasteiger partial charge in [-0.2, -0.15) is 0 Å². The quantitative estimate of drug-likeness (QED) is 0.903. The maximum atomic E-state index is 11.8. The highest BCUT2D eigenvalue weighted by Crippen LogP contribution is 2.14. The molecule has 0 atom stereocenters. The van der Waals surface area contributed by atoms with Crippen molar-refractivity contribution in [3.8, 4) is 0 Å². The summed E-state index contributed by atoms with van der Waals surface area (Å²) in [6, 6.07) is 5.90. The lowest BCUT2D eigenvalue weighted by atomic mass is 10.1. The van der Waals surface area contributed by atoms with E-state index in [0.29, 0.717) is 19.7 Å². The third-order valence-electron chi connectivity index (χ3n) is 2.96. The first-order valence-electron chi connectivity index (χ1n) is 6.34. The topological polar surface area (TPSA) is 58.6 Å². The van der Waals surface area contributed by atoms with Crippen LogP contribution in [-0.4, -0.2) is 36.6 Å². The Labute approximate surface area is 112 Å². The van der Waals surface area contributed by atoms with Crippen molar-refractivity contribution in [3.63, 3.8) is 0 Å². The number of ether oxygens (including phenoxy) is 1. The van der Waals surface area contributed by atoms with E-state index in [-0.39, 0.29) is 18.4 Å². The van der Waals surface area contributed by atoms with Crippen LogP contribution < -0.4 is 5.32 Å². The summed E-state index contributed by atoms with van der Waals surface area (Å²) in [4.78, 5) is 24.6. The third kappa shape index (κ3) is 3.71. The molecule has 1 aliphatic rings. The van der Waals surface area contributed by atoms with Crippen LogP contribution in [0.3, 0.4) is 0 Å². The highest BCUT2D eigenvalue weighted by atomic mass is 16.6. The number of nitrogens with one attached hydrogen (secondary N) is 1. The van der Waals surface area contributed by atoms with Crippen LogP contribution in [0.1, 0.15) is 17.5 Å². The zero-order valence-electron chi connectivity index (χ0n) is 11.2. The van der Waals surface area contributed by atoms with Gasteiger partial charge < -0.3 is 15.0 Å². The molecular weight excluding hydrogens is 244 g/mol. The molecule has 5 heteroatoms. The molecule has 5 nitrogen and oxygen atoms in total. The number of nitrogens with zero attached hydrogens (tertiary/aromatic N) is 1. The van der Waals surface area contributed by atoms with Crippen LogP contribution in [0.2, 0.25) is 0 Å². The van der Waals surface area contributed by atoms with Crippen LogP contribution in [0, 0.1) is 13.8 Å². The number of hydrogen-bond donors (Lipinski definition) is 1. The summed E-state index contributed by atoms with van der Waals surface area (Å²) in [5.41, 5.74) is 3.02. The first kappa shape index (κ1) is 13.4. The standard InChI is InChI=1S/C14H18N2O3/c1-10-7-11(2)9-12(8-10)15-13(17)3-4-16-5-6-19-14(16)18/h7-9H,3-6H2,1-2H3,(H,15,17). The van der Waals surface area contributed by atoms with E-state index >= 15 is 0 Å². The molecule has 1 heterocycles. The van der Waals surface area contributed by atoms with Crippen molar-refractivity contribution in [1.29, 1.82) is 0 Å². The molecular formula is C14H18N2O3. The molecule has 0 saturated carbocycles. The van der Waals surface area contributed by atoms with Crippen LogP contribution >= 0.6 is 0 Å². The molecule has 1 aromatic carbocycles. The van der Waals surface area contributed by atoms with Gasteiger partial charge in [0.25, 0.3) is 0 Å². The van der Waals surface area contributed by atoms with Crippen LogP contribution in [0.15, 0.2) is 18.2 Å². The molecule has 19 heavy (non-hydrogen) atoms. The molecule has 102 valence electrons. The average Bonchev–Trinajstić information content (AvgIpc) is 2.71. The molecule has 0 radical (unpaired) electrons. The molecule has 0 bridgehead atoms. The predicted octanol–water partition coefficient (Wildman–Crippen LogP) is 2.08. The fourth-order valence-corrected chi connectivity index (χ4v) is 2.14. The van der Waals surface area contributed by atoms with Gasteiger partial charge in [-0.3, -0.25) is 4.79 Å². The second-order valence-corrected chi connectivity index (χ2v) is 4.78. The molecule has 2 amide bonds. The van der Waals surface area contributed by atoms with Gasteiger partial charge in [-0.25, -0.2) is 4.79 Å². The zero-order chi connectivity index (χ0) is 13.8. The van der Waals surface area contributed by atoms with Crippen molar-refractivity contribution in [2.45, 2.75) is 20.3 Å². The summed E-state index contributed by atoms with van der Waals surface area (Å²) in [5.74, 6) is -0.0929. The van der Waals surface area contributed by atoms with Gasteiger partial charge in [0.15, 0.2) is 0 Å². The molecule has 0 aliphatic carbocycles. The summed E-state index contributed by atoms with van der Waals surface area (Å²) in [5, 5.41) is 2.84. The zero-order valence-corrected chi connectivity index (χ0v) is 11.2. The van der Waals surface area contributed by atoms with Gasteiger partial charge in [0.2, 0.25) is 5.91 Å². The predicted molar refractivity (Wildman–Crippen MR) is 72.1 cm³/mol. The van der Waals surface area contributed by atoms with Crippen LogP contribution in [0.5, 0.6) is 0 Å². The van der Waals surface area contributed by atoms with Crippen molar-refractivity contribution in [3.05, 3.63) is 29.3 Å². The number of hydrogen-bond acceptors (Lipinski definition) is 3. The van der Waals surface area contributed by atoms with Crippen molar-refractivity contribution in [2.24, 2.45) is 0 Å². The van der Waals surface area contributed by atoms with E-state index in [4.69, 9.17) is 4.74 Å². The Morgan fingerprint density at radius 2 is 2.00 bits per heavy atom. The van der Waals surface area contributed by atoms with Gasteiger partial charge in [0, 0.05) is 18.7 Å². The van der Waals surface area contributed by atoms with Gasteiger partial charge >= 0.3 is 6.09 Å². The number of amides is 2. The number of benzene rings is 1. The molecule has 1 aliphatic heterocycles. The minimum absolute atomic E-state index is 0.0929. The van der Waals surface area contributed by atoms with Gasteiger partial charge in [-0.1, -0.05) is 6.07 Å². The van der Waals surface area contributed by atoms with Gasteiger partial charge in [-0.05, 0) is 37.1 Å². The van der Waals surface area contributed by atoms with Crippen molar-refractivity contribution in [2.75, 3.05) is 25.0 Å². The van der Waals surface area contributed by atoms with E-state index in [1.807, 2.05) is 26.0 Å².